The van der Waals surface area contributed by atoms with E-state index in [0.29, 0.717) is 4.90 Å². The summed E-state index contributed by atoms with van der Waals surface area (Å²) in [6.45, 7) is 1.82. The normalized spacial score (nSPS) is 24.6. The van der Waals surface area contributed by atoms with Crippen molar-refractivity contribution in [3.05, 3.63) is 14.7 Å². The molecule has 1 aromatic rings. The van der Waals surface area contributed by atoms with Gasteiger partial charge >= 0.3 is 0 Å². The molecule has 7 heteroatoms. The molecule has 1 aliphatic rings. The first-order valence-electron chi connectivity index (χ1n) is 5.73. The average molecular weight is 354 g/mol. The predicted octanol–water partition coefficient (Wildman–Crippen LogP) is 2.66. The number of aryl methyl sites for hydroxylation is 1. The maximum Gasteiger partial charge on any atom is 0.241 e. The van der Waals surface area contributed by atoms with Crippen molar-refractivity contribution in [2.24, 2.45) is 0 Å². The summed E-state index contributed by atoms with van der Waals surface area (Å²) in [5, 5.41) is 0. The minimum Gasteiger partial charge on any atom is -0.381 e. The predicted molar refractivity (Wildman–Crippen MR) is 75.5 cm³/mol. The van der Waals surface area contributed by atoms with Crippen LogP contribution in [0.4, 0.5) is 0 Å². The molecule has 2 unspecified atom stereocenters. The van der Waals surface area contributed by atoms with E-state index >= 15 is 0 Å². The lowest BCUT2D eigenvalue weighted by molar-refractivity contribution is 0.107. The molecule has 1 aliphatic carbocycles. The van der Waals surface area contributed by atoms with Gasteiger partial charge in [-0.2, -0.15) is 0 Å². The van der Waals surface area contributed by atoms with Gasteiger partial charge in [-0.05, 0) is 48.2 Å². The minimum absolute atomic E-state index is 0.0157. The maximum atomic E-state index is 12.3. The Morgan fingerprint density at radius 2 is 2.22 bits per heavy atom. The number of rotatable bonds is 4. The molecule has 1 heterocycles. The molecule has 1 saturated carbocycles. The zero-order chi connectivity index (χ0) is 13.3. The highest BCUT2D eigenvalue weighted by atomic mass is 79.9. The van der Waals surface area contributed by atoms with Crippen LogP contribution in [0.25, 0.3) is 0 Å². The van der Waals surface area contributed by atoms with Gasteiger partial charge in [0.15, 0.2) is 0 Å². The summed E-state index contributed by atoms with van der Waals surface area (Å²) in [7, 11) is -1.74. The van der Waals surface area contributed by atoms with Gasteiger partial charge in [-0.15, -0.1) is 11.3 Å². The number of hydrogen-bond acceptors (Lipinski definition) is 4. The number of ether oxygens (including phenoxy) is 1. The molecule has 0 radical (unpaired) electrons. The van der Waals surface area contributed by atoms with Crippen LogP contribution in [-0.4, -0.2) is 27.7 Å². The molecule has 1 aromatic heterocycles. The van der Waals surface area contributed by atoms with Crippen molar-refractivity contribution in [3.63, 3.8) is 0 Å². The number of halogens is 1. The molecule has 0 saturated heterocycles. The quantitative estimate of drug-likeness (QED) is 0.905. The van der Waals surface area contributed by atoms with Crippen molar-refractivity contribution in [1.29, 1.82) is 0 Å². The monoisotopic (exact) mass is 353 g/mol. The number of nitrogens with one attached hydrogen (secondary N) is 1. The van der Waals surface area contributed by atoms with Gasteiger partial charge in [0.1, 0.15) is 0 Å². The van der Waals surface area contributed by atoms with Gasteiger partial charge in [0.05, 0.1) is 14.8 Å². The third kappa shape index (κ3) is 3.14. The van der Waals surface area contributed by atoms with Gasteiger partial charge in [0.25, 0.3) is 0 Å². The van der Waals surface area contributed by atoms with E-state index in [0.717, 1.165) is 27.9 Å². The summed E-state index contributed by atoms with van der Waals surface area (Å²) in [4.78, 5) is 1.18. The van der Waals surface area contributed by atoms with Crippen LogP contribution in [0.15, 0.2) is 14.7 Å². The molecule has 2 atom stereocenters. The molecule has 18 heavy (non-hydrogen) atoms. The van der Waals surface area contributed by atoms with E-state index in [-0.39, 0.29) is 12.1 Å². The second-order valence-corrected chi connectivity index (χ2v) is 8.78. The Kier molecular flexibility index (Phi) is 4.48. The van der Waals surface area contributed by atoms with E-state index in [1.54, 1.807) is 13.2 Å². The zero-order valence-electron chi connectivity index (χ0n) is 10.3. The van der Waals surface area contributed by atoms with Crippen LogP contribution in [0.1, 0.15) is 24.1 Å². The van der Waals surface area contributed by atoms with Crippen molar-refractivity contribution in [3.8, 4) is 0 Å². The lowest BCUT2D eigenvalue weighted by atomic mass is 10.3. The number of hydrogen-bond donors (Lipinski definition) is 1. The van der Waals surface area contributed by atoms with Gasteiger partial charge in [0, 0.05) is 18.0 Å². The number of sulfonamides is 1. The molecule has 0 bridgehead atoms. The molecular weight excluding hydrogens is 338 g/mol. The lowest BCUT2D eigenvalue weighted by Crippen LogP contribution is -2.33. The van der Waals surface area contributed by atoms with Gasteiger partial charge < -0.3 is 4.74 Å². The standard InChI is InChI=1S/C11H16BrNO3S2/c1-7-10(6-11(12)17-7)18(14,15)13-8-3-4-9(5-8)16-2/h6,8-9,13H,3-5H2,1-2H3. The van der Waals surface area contributed by atoms with E-state index in [9.17, 15) is 8.42 Å². The Balaban J connectivity index is 2.11. The van der Waals surface area contributed by atoms with Crippen LogP contribution >= 0.6 is 27.3 Å². The van der Waals surface area contributed by atoms with Crippen LogP contribution in [0.5, 0.6) is 0 Å². The van der Waals surface area contributed by atoms with E-state index in [2.05, 4.69) is 20.7 Å². The fourth-order valence-corrected chi connectivity index (χ4v) is 5.94. The largest absolute Gasteiger partial charge is 0.381 e. The smallest absolute Gasteiger partial charge is 0.241 e. The Labute approximate surface area is 120 Å². The van der Waals surface area contributed by atoms with Crippen molar-refractivity contribution in [1.82, 2.24) is 4.72 Å². The summed E-state index contributed by atoms with van der Waals surface area (Å²) in [6.07, 6.45) is 2.67. The van der Waals surface area contributed by atoms with Crippen LogP contribution in [0, 0.1) is 6.92 Å². The second kappa shape index (κ2) is 5.58. The van der Waals surface area contributed by atoms with E-state index in [1.165, 1.54) is 11.3 Å². The summed E-state index contributed by atoms with van der Waals surface area (Å²) >= 11 is 4.75. The number of methoxy groups -OCH3 is 1. The lowest BCUT2D eigenvalue weighted by Gasteiger charge is -2.13. The van der Waals surface area contributed by atoms with Crippen molar-refractivity contribution in [2.75, 3.05) is 7.11 Å². The van der Waals surface area contributed by atoms with Crippen LogP contribution < -0.4 is 4.72 Å². The summed E-state index contributed by atoms with van der Waals surface area (Å²) < 4.78 is 33.4. The van der Waals surface area contributed by atoms with Crippen LogP contribution in [-0.2, 0) is 14.8 Å². The van der Waals surface area contributed by atoms with Crippen molar-refractivity contribution >= 4 is 37.3 Å². The molecule has 1 N–H and O–H groups in total. The van der Waals surface area contributed by atoms with E-state index in [1.807, 2.05) is 6.92 Å². The maximum absolute atomic E-state index is 12.3. The highest BCUT2D eigenvalue weighted by molar-refractivity contribution is 9.11. The third-order valence-corrected chi connectivity index (χ3v) is 6.50. The van der Waals surface area contributed by atoms with Crippen molar-refractivity contribution < 1.29 is 13.2 Å². The molecule has 0 aliphatic heterocycles. The van der Waals surface area contributed by atoms with E-state index in [4.69, 9.17) is 4.74 Å². The summed E-state index contributed by atoms with van der Waals surface area (Å²) in [6, 6.07) is 1.64. The van der Waals surface area contributed by atoms with Gasteiger partial charge in [-0.3, -0.25) is 0 Å². The van der Waals surface area contributed by atoms with Crippen LogP contribution in [0.3, 0.4) is 0 Å². The molecule has 102 valence electrons. The van der Waals surface area contributed by atoms with E-state index < -0.39 is 10.0 Å². The second-order valence-electron chi connectivity index (χ2n) is 4.46. The fraction of sp³-hybridized carbons (Fsp3) is 0.636. The average Bonchev–Trinajstić information content (AvgIpc) is 2.84. The minimum atomic E-state index is -3.41. The van der Waals surface area contributed by atoms with Crippen LogP contribution in [0.2, 0.25) is 0 Å². The molecule has 2 rings (SSSR count). The Hall–Kier alpha value is 0.0500. The topological polar surface area (TPSA) is 55.4 Å². The van der Waals surface area contributed by atoms with Gasteiger partial charge in [0.2, 0.25) is 10.0 Å². The fourth-order valence-electron chi connectivity index (χ4n) is 2.24. The molecule has 1 fully saturated rings. The number of thiophene rings is 1. The molecular formula is C11H16BrNO3S2. The Morgan fingerprint density at radius 3 is 2.72 bits per heavy atom. The van der Waals surface area contributed by atoms with Crippen molar-refractivity contribution in [2.45, 2.75) is 43.2 Å². The zero-order valence-corrected chi connectivity index (χ0v) is 13.5. The third-order valence-electron chi connectivity index (χ3n) is 3.17. The Morgan fingerprint density at radius 1 is 1.50 bits per heavy atom. The first kappa shape index (κ1) is 14.5. The first-order chi connectivity index (χ1) is 8.42. The van der Waals surface area contributed by atoms with Gasteiger partial charge in [-0.1, -0.05) is 0 Å². The molecule has 4 nitrogen and oxygen atoms in total. The molecule has 0 spiro atoms. The first-order valence-corrected chi connectivity index (χ1v) is 8.82. The summed E-state index contributed by atoms with van der Waals surface area (Å²) in [5.41, 5.74) is 0. The van der Waals surface area contributed by atoms with Gasteiger partial charge in [-0.25, -0.2) is 13.1 Å². The molecule has 0 amide bonds. The SMILES string of the molecule is COC1CCC(NS(=O)(=O)c2cc(Br)sc2C)C1. The highest BCUT2D eigenvalue weighted by Crippen LogP contribution is 2.30. The Bertz CT molecular complexity index is 526. The molecule has 0 aromatic carbocycles. The highest BCUT2D eigenvalue weighted by Gasteiger charge is 2.29. The summed E-state index contributed by atoms with van der Waals surface area (Å²) in [5.74, 6) is 0.